The smallest absolute Gasteiger partial charge is 0.262 e. The Morgan fingerprint density at radius 2 is 1.80 bits per heavy atom. The van der Waals surface area contributed by atoms with Gasteiger partial charge in [0.1, 0.15) is 5.75 Å². The molecule has 0 saturated carbocycles. The number of amides is 1. The molecule has 1 N–H and O–H groups in total. The SMILES string of the molecule is CCOc1ccccc1NS(=O)(=O)c1ccc(SC)c(C(=O)N2CCCCCC2)c1. The molecule has 1 aliphatic rings. The summed E-state index contributed by atoms with van der Waals surface area (Å²) in [4.78, 5) is 15.9. The number of benzene rings is 2. The van der Waals surface area contributed by atoms with Gasteiger partial charge in [0.05, 0.1) is 22.8 Å². The number of hydrogen-bond donors (Lipinski definition) is 1. The summed E-state index contributed by atoms with van der Waals surface area (Å²) in [6.45, 7) is 3.69. The maximum atomic E-state index is 13.2. The van der Waals surface area contributed by atoms with Gasteiger partial charge in [0.2, 0.25) is 0 Å². The first kappa shape index (κ1) is 22.5. The molecule has 2 aromatic rings. The van der Waals surface area contributed by atoms with Gasteiger partial charge in [-0.3, -0.25) is 9.52 Å². The van der Waals surface area contributed by atoms with E-state index in [1.165, 1.54) is 23.9 Å². The van der Waals surface area contributed by atoms with Crippen molar-refractivity contribution in [2.45, 2.75) is 42.4 Å². The maximum absolute atomic E-state index is 13.2. The molecule has 1 amide bonds. The van der Waals surface area contributed by atoms with E-state index in [0.29, 0.717) is 36.7 Å². The number of carbonyl (C=O) groups is 1. The van der Waals surface area contributed by atoms with Crippen molar-refractivity contribution in [3.05, 3.63) is 48.0 Å². The molecule has 0 unspecified atom stereocenters. The number of sulfonamides is 1. The minimum absolute atomic E-state index is 0.0600. The van der Waals surface area contributed by atoms with Crippen LogP contribution in [0.3, 0.4) is 0 Å². The van der Waals surface area contributed by atoms with Crippen molar-refractivity contribution in [2.75, 3.05) is 30.7 Å². The summed E-state index contributed by atoms with van der Waals surface area (Å²) in [6.07, 6.45) is 6.09. The zero-order valence-electron chi connectivity index (χ0n) is 17.4. The van der Waals surface area contributed by atoms with E-state index in [4.69, 9.17) is 4.74 Å². The number of nitrogens with one attached hydrogen (secondary N) is 1. The summed E-state index contributed by atoms with van der Waals surface area (Å²) in [5, 5.41) is 0. The van der Waals surface area contributed by atoms with E-state index in [1.54, 1.807) is 30.3 Å². The first-order valence-corrected chi connectivity index (χ1v) is 12.9. The van der Waals surface area contributed by atoms with Gasteiger partial charge in [0, 0.05) is 18.0 Å². The largest absolute Gasteiger partial charge is 0.492 e. The quantitative estimate of drug-likeness (QED) is 0.625. The molecule has 0 aliphatic carbocycles. The van der Waals surface area contributed by atoms with Crippen LogP contribution in [0.5, 0.6) is 5.75 Å². The molecule has 8 heteroatoms. The third kappa shape index (κ3) is 5.29. The second kappa shape index (κ2) is 10.2. The number of carbonyl (C=O) groups excluding carboxylic acids is 1. The molecule has 1 heterocycles. The highest BCUT2D eigenvalue weighted by Gasteiger charge is 2.24. The number of rotatable bonds is 7. The lowest BCUT2D eigenvalue weighted by molar-refractivity contribution is 0.0758. The van der Waals surface area contributed by atoms with E-state index in [-0.39, 0.29) is 10.8 Å². The van der Waals surface area contributed by atoms with Crippen molar-refractivity contribution in [3.63, 3.8) is 0 Å². The molecule has 0 aromatic heterocycles. The van der Waals surface area contributed by atoms with E-state index in [0.717, 1.165) is 30.6 Å². The fourth-order valence-corrected chi connectivity index (χ4v) is 5.17. The van der Waals surface area contributed by atoms with Gasteiger partial charge in [0.25, 0.3) is 15.9 Å². The fourth-order valence-electron chi connectivity index (χ4n) is 3.50. The fraction of sp³-hybridized carbons (Fsp3) is 0.409. The van der Waals surface area contributed by atoms with Gasteiger partial charge in [0.15, 0.2) is 0 Å². The van der Waals surface area contributed by atoms with Gasteiger partial charge in [-0.1, -0.05) is 25.0 Å². The van der Waals surface area contributed by atoms with Crippen LogP contribution in [-0.2, 0) is 10.0 Å². The zero-order chi connectivity index (χ0) is 21.6. The molecule has 3 rings (SSSR count). The summed E-state index contributed by atoms with van der Waals surface area (Å²) in [7, 11) is -3.88. The van der Waals surface area contributed by atoms with Gasteiger partial charge in [-0.25, -0.2) is 8.42 Å². The minimum Gasteiger partial charge on any atom is -0.492 e. The maximum Gasteiger partial charge on any atom is 0.262 e. The number of anilines is 1. The molecule has 0 atom stereocenters. The van der Waals surface area contributed by atoms with E-state index < -0.39 is 10.0 Å². The van der Waals surface area contributed by atoms with Gasteiger partial charge in [-0.15, -0.1) is 11.8 Å². The van der Waals surface area contributed by atoms with Crippen LogP contribution in [0.15, 0.2) is 52.3 Å². The Balaban J connectivity index is 1.92. The predicted octanol–water partition coefficient (Wildman–Crippen LogP) is 4.62. The first-order valence-electron chi connectivity index (χ1n) is 10.2. The van der Waals surface area contributed by atoms with Crippen molar-refractivity contribution in [1.29, 1.82) is 0 Å². The highest BCUT2D eigenvalue weighted by molar-refractivity contribution is 7.98. The number of nitrogens with zero attached hydrogens (tertiary/aromatic N) is 1. The van der Waals surface area contributed by atoms with Crippen molar-refractivity contribution in [2.24, 2.45) is 0 Å². The van der Waals surface area contributed by atoms with Crippen LogP contribution in [0.25, 0.3) is 0 Å². The number of hydrogen-bond acceptors (Lipinski definition) is 5. The molecule has 162 valence electrons. The summed E-state index contributed by atoms with van der Waals surface area (Å²) in [5.41, 5.74) is 0.805. The lowest BCUT2D eigenvalue weighted by Crippen LogP contribution is -2.32. The molecule has 1 fully saturated rings. The normalized spacial score (nSPS) is 14.8. The van der Waals surface area contributed by atoms with Crippen LogP contribution in [-0.4, -0.2) is 45.2 Å². The summed E-state index contributed by atoms with van der Waals surface area (Å²) in [5.74, 6) is 0.359. The van der Waals surface area contributed by atoms with E-state index in [1.807, 2.05) is 18.1 Å². The summed E-state index contributed by atoms with van der Waals surface area (Å²) in [6, 6.07) is 11.6. The Bertz CT molecular complexity index is 984. The number of ether oxygens (including phenoxy) is 1. The lowest BCUT2D eigenvalue weighted by atomic mass is 10.2. The van der Waals surface area contributed by atoms with E-state index in [2.05, 4.69) is 4.72 Å². The monoisotopic (exact) mass is 448 g/mol. The molecular weight excluding hydrogens is 420 g/mol. The van der Waals surface area contributed by atoms with Gasteiger partial charge >= 0.3 is 0 Å². The third-order valence-electron chi connectivity index (χ3n) is 5.04. The predicted molar refractivity (Wildman–Crippen MR) is 121 cm³/mol. The standard InChI is InChI=1S/C22H28N2O4S2/c1-3-28-20-11-7-6-10-19(20)23-30(26,27)17-12-13-21(29-2)18(16-17)22(25)24-14-8-4-5-9-15-24/h6-7,10-13,16,23H,3-5,8-9,14-15H2,1-2H3. The Hall–Kier alpha value is -2.19. The molecule has 0 radical (unpaired) electrons. The van der Waals surface area contributed by atoms with Crippen molar-refractivity contribution in [1.82, 2.24) is 4.90 Å². The molecule has 1 saturated heterocycles. The van der Waals surface area contributed by atoms with E-state index in [9.17, 15) is 13.2 Å². The third-order valence-corrected chi connectivity index (χ3v) is 7.20. The summed E-state index contributed by atoms with van der Waals surface area (Å²) >= 11 is 1.44. The number of thioether (sulfide) groups is 1. The number of likely N-dealkylation sites (tertiary alicyclic amines) is 1. The molecular formula is C22H28N2O4S2. The van der Waals surface area contributed by atoms with Crippen LogP contribution in [0, 0.1) is 0 Å². The molecule has 30 heavy (non-hydrogen) atoms. The molecule has 0 spiro atoms. The Morgan fingerprint density at radius 1 is 1.10 bits per heavy atom. The highest BCUT2D eigenvalue weighted by Crippen LogP contribution is 2.29. The van der Waals surface area contributed by atoms with Gasteiger partial charge < -0.3 is 9.64 Å². The van der Waals surface area contributed by atoms with Gasteiger partial charge in [-0.2, -0.15) is 0 Å². The van der Waals surface area contributed by atoms with Crippen LogP contribution in [0.1, 0.15) is 43.0 Å². The second-order valence-corrected chi connectivity index (χ2v) is 9.63. The van der Waals surface area contributed by atoms with Crippen LogP contribution >= 0.6 is 11.8 Å². The van der Waals surface area contributed by atoms with Crippen LogP contribution in [0.2, 0.25) is 0 Å². The Morgan fingerprint density at radius 3 is 2.47 bits per heavy atom. The topological polar surface area (TPSA) is 75.7 Å². The number of para-hydroxylation sites is 2. The van der Waals surface area contributed by atoms with Crippen molar-refractivity contribution in [3.8, 4) is 5.75 Å². The van der Waals surface area contributed by atoms with Gasteiger partial charge in [-0.05, 0) is 56.4 Å². The first-order chi connectivity index (χ1) is 14.5. The minimum atomic E-state index is -3.88. The average Bonchev–Trinajstić information content (AvgIpc) is 3.04. The molecule has 2 aromatic carbocycles. The Labute approximate surface area is 183 Å². The van der Waals surface area contributed by atoms with E-state index >= 15 is 0 Å². The van der Waals surface area contributed by atoms with Crippen LogP contribution in [0.4, 0.5) is 5.69 Å². The highest BCUT2D eigenvalue weighted by atomic mass is 32.2. The Kier molecular flexibility index (Phi) is 7.66. The lowest BCUT2D eigenvalue weighted by Gasteiger charge is -2.22. The second-order valence-electron chi connectivity index (χ2n) is 7.10. The molecule has 1 aliphatic heterocycles. The zero-order valence-corrected chi connectivity index (χ0v) is 19.0. The van der Waals surface area contributed by atoms with Crippen molar-refractivity contribution >= 4 is 33.4 Å². The van der Waals surface area contributed by atoms with Crippen LogP contribution < -0.4 is 9.46 Å². The summed E-state index contributed by atoms with van der Waals surface area (Å²) < 4.78 is 34.2. The van der Waals surface area contributed by atoms with Crippen molar-refractivity contribution < 1.29 is 17.9 Å². The average molecular weight is 449 g/mol. The molecule has 0 bridgehead atoms. The molecule has 6 nitrogen and oxygen atoms in total.